The van der Waals surface area contributed by atoms with Crippen LogP contribution in [0.2, 0.25) is 0 Å². The third kappa shape index (κ3) is 5.81. The van der Waals surface area contributed by atoms with Crippen molar-refractivity contribution in [1.82, 2.24) is 4.90 Å². The fraction of sp³-hybridized carbons (Fsp3) is 0.300. The molecule has 0 unspecified atom stereocenters. The van der Waals surface area contributed by atoms with Gasteiger partial charge in [0.05, 0.1) is 7.11 Å². The third-order valence-electron chi connectivity index (χ3n) is 3.76. The Kier molecular flexibility index (Phi) is 7.02. The molecule has 0 aromatic heterocycles. The summed E-state index contributed by atoms with van der Waals surface area (Å²) in [7, 11) is 5.02. The Morgan fingerprint density at radius 3 is 2.46 bits per heavy atom. The minimum Gasteiger partial charge on any atom is -0.493 e. The molecular weight excluding hydrogens is 332 g/mol. The summed E-state index contributed by atoms with van der Waals surface area (Å²) in [5.41, 5.74) is 1.66. The summed E-state index contributed by atoms with van der Waals surface area (Å²) in [5.74, 6) is 0.899. The number of hydrogen-bond acceptors (Lipinski definition) is 4. The fourth-order valence-electron chi connectivity index (χ4n) is 2.36. The van der Waals surface area contributed by atoms with E-state index in [4.69, 9.17) is 9.47 Å². The van der Waals surface area contributed by atoms with Gasteiger partial charge in [-0.3, -0.25) is 9.59 Å². The number of rotatable bonds is 8. The maximum atomic E-state index is 12.1. The average molecular weight is 356 g/mol. The normalized spacial score (nSPS) is 10.1. The van der Waals surface area contributed by atoms with Gasteiger partial charge in [0.15, 0.2) is 18.1 Å². The van der Waals surface area contributed by atoms with Crippen molar-refractivity contribution in [2.24, 2.45) is 0 Å². The highest BCUT2D eigenvalue weighted by molar-refractivity contribution is 5.92. The molecular formula is C20H24N2O4. The van der Waals surface area contributed by atoms with Crippen LogP contribution in [0.4, 0.5) is 5.69 Å². The van der Waals surface area contributed by atoms with E-state index in [1.54, 1.807) is 44.3 Å². The largest absolute Gasteiger partial charge is 0.493 e. The molecule has 0 spiro atoms. The van der Waals surface area contributed by atoms with Gasteiger partial charge in [-0.15, -0.1) is 0 Å². The summed E-state index contributed by atoms with van der Waals surface area (Å²) < 4.78 is 10.7. The van der Waals surface area contributed by atoms with Crippen LogP contribution < -0.4 is 14.8 Å². The van der Waals surface area contributed by atoms with Gasteiger partial charge in [0, 0.05) is 26.2 Å². The van der Waals surface area contributed by atoms with Crippen LogP contribution in [0.1, 0.15) is 12.0 Å². The van der Waals surface area contributed by atoms with Gasteiger partial charge in [0.2, 0.25) is 5.91 Å². The van der Waals surface area contributed by atoms with Crippen LogP contribution in [-0.4, -0.2) is 44.5 Å². The van der Waals surface area contributed by atoms with Gasteiger partial charge in [0.1, 0.15) is 0 Å². The minimum absolute atomic E-state index is 0.0737. The zero-order valence-electron chi connectivity index (χ0n) is 15.3. The number of amides is 2. The second-order valence-electron chi connectivity index (χ2n) is 5.98. The van der Waals surface area contributed by atoms with Gasteiger partial charge in [-0.1, -0.05) is 24.3 Å². The fourth-order valence-corrected chi connectivity index (χ4v) is 2.36. The number of nitrogens with one attached hydrogen (secondary N) is 1. The first-order valence-corrected chi connectivity index (χ1v) is 8.34. The molecule has 0 saturated carbocycles. The van der Waals surface area contributed by atoms with Gasteiger partial charge < -0.3 is 19.7 Å². The van der Waals surface area contributed by atoms with E-state index in [9.17, 15) is 9.59 Å². The average Bonchev–Trinajstić information content (AvgIpc) is 2.64. The van der Waals surface area contributed by atoms with E-state index in [0.717, 1.165) is 5.56 Å². The molecule has 0 heterocycles. The van der Waals surface area contributed by atoms with Crippen molar-refractivity contribution in [2.75, 3.05) is 33.1 Å². The molecule has 1 N–H and O–H groups in total. The molecule has 0 saturated heterocycles. The Morgan fingerprint density at radius 2 is 1.77 bits per heavy atom. The highest BCUT2D eigenvalue weighted by atomic mass is 16.5. The van der Waals surface area contributed by atoms with Gasteiger partial charge in [-0.05, 0) is 36.2 Å². The Morgan fingerprint density at radius 1 is 1.04 bits per heavy atom. The molecule has 0 atom stereocenters. The highest BCUT2D eigenvalue weighted by Gasteiger charge is 2.08. The molecule has 138 valence electrons. The van der Waals surface area contributed by atoms with Crippen LogP contribution in [0.3, 0.4) is 0 Å². The first kappa shape index (κ1) is 19.3. The van der Waals surface area contributed by atoms with Gasteiger partial charge >= 0.3 is 0 Å². The zero-order valence-corrected chi connectivity index (χ0v) is 15.3. The van der Waals surface area contributed by atoms with Crippen LogP contribution in [0.25, 0.3) is 0 Å². The van der Waals surface area contributed by atoms with Crippen LogP contribution in [0.5, 0.6) is 11.5 Å². The summed E-state index contributed by atoms with van der Waals surface area (Å²) in [6.45, 7) is -0.121. The Bertz CT molecular complexity index is 759. The highest BCUT2D eigenvalue weighted by Crippen LogP contribution is 2.25. The lowest BCUT2D eigenvalue weighted by Crippen LogP contribution is -2.22. The number of benzene rings is 2. The van der Waals surface area contributed by atoms with Crippen molar-refractivity contribution in [3.05, 3.63) is 54.1 Å². The van der Waals surface area contributed by atoms with E-state index >= 15 is 0 Å². The molecule has 6 heteroatoms. The van der Waals surface area contributed by atoms with Crippen molar-refractivity contribution in [3.8, 4) is 11.5 Å². The van der Waals surface area contributed by atoms with E-state index in [-0.39, 0.29) is 18.4 Å². The zero-order chi connectivity index (χ0) is 18.9. The van der Waals surface area contributed by atoms with Crippen molar-refractivity contribution < 1.29 is 19.1 Å². The minimum atomic E-state index is -0.266. The van der Waals surface area contributed by atoms with E-state index in [1.165, 1.54) is 0 Å². The van der Waals surface area contributed by atoms with E-state index in [2.05, 4.69) is 5.32 Å². The number of anilines is 1. The Hall–Kier alpha value is -3.02. The number of aryl methyl sites for hydroxylation is 1. The number of methoxy groups -OCH3 is 1. The van der Waals surface area contributed by atoms with Crippen LogP contribution in [0, 0.1) is 0 Å². The summed E-state index contributed by atoms with van der Waals surface area (Å²) in [5, 5.41) is 2.80. The molecule has 0 bridgehead atoms. The second kappa shape index (κ2) is 9.46. The molecule has 0 radical (unpaired) electrons. The van der Waals surface area contributed by atoms with E-state index in [1.807, 2.05) is 30.3 Å². The second-order valence-corrected chi connectivity index (χ2v) is 5.98. The summed E-state index contributed by atoms with van der Waals surface area (Å²) in [4.78, 5) is 25.4. The quantitative estimate of drug-likeness (QED) is 0.790. The first-order chi connectivity index (χ1) is 12.5. The molecule has 2 aromatic rings. The predicted molar refractivity (Wildman–Crippen MR) is 101 cm³/mol. The van der Waals surface area contributed by atoms with E-state index < -0.39 is 0 Å². The topological polar surface area (TPSA) is 67.9 Å². The third-order valence-corrected chi connectivity index (χ3v) is 3.76. The number of carbonyl (C=O) groups is 2. The first-order valence-electron chi connectivity index (χ1n) is 8.34. The SMILES string of the molecule is COc1ccccc1OCC(=O)Nc1cccc(CCC(=O)N(C)C)c1. The lowest BCUT2D eigenvalue weighted by atomic mass is 10.1. The van der Waals surface area contributed by atoms with Gasteiger partial charge in [0.25, 0.3) is 5.91 Å². The number of nitrogens with zero attached hydrogens (tertiary/aromatic N) is 1. The molecule has 2 aromatic carbocycles. The van der Waals surface area contributed by atoms with Crippen molar-refractivity contribution in [3.63, 3.8) is 0 Å². The molecule has 0 aliphatic heterocycles. The number of hydrogen-bond donors (Lipinski definition) is 1. The van der Waals surface area contributed by atoms with Gasteiger partial charge in [-0.25, -0.2) is 0 Å². The smallest absolute Gasteiger partial charge is 0.262 e. The van der Waals surface area contributed by atoms with Crippen molar-refractivity contribution in [2.45, 2.75) is 12.8 Å². The molecule has 2 rings (SSSR count). The maximum Gasteiger partial charge on any atom is 0.262 e. The van der Waals surface area contributed by atoms with E-state index in [0.29, 0.717) is 30.0 Å². The lowest BCUT2D eigenvalue weighted by Gasteiger charge is -2.12. The Labute approximate surface area is 153 Å². The molecule has 6 nitrogen and oxygen atoms in total. The molecule has 0 fully saturated rings. The van der Waals surface area contributed by atoms with Crippen LogP contribution >= 0.6 is 0 Å². The van der Waals surface area contributed by atoms with Crippen molar-refractivity contribution >= 4 is 17.5 Å². The number of ether oxygens (including phenoxy) is 2. The van der Waals surface area contributed by atoms with Crippen LogP contribution in [-0.2, 0) is 16.0 Å². The molecule has 26 heavy (non-hydrogen) atoms. The van der Waals surface area contributed by atoms with Crippen LogP contribution in [0.15, 0.2) is 48.5 Å². The number of carbonyl (C=O) groups excluding carboxylic acids is 2. The summed E-state index contributed by atoms with van der Waals surface area (Å²) in [6.07, 6.45) is 1.06. The predicted octanol–water partition coefficient (Wildman–Crippen LogP) is 2.73. The molecule has 0 aliphatic carbocycles. The lowest BCUT2D eigenvalue weighted by molar-refractivity contribution is -0.128. The molecule has 2 amide bonds. The summed E-state index contributed by atoms with van der Waals surface area (Å²) >= 11 is 0. The maximum absolute atomic E-state index is 12.1. The monoisotopic (exact) mass is 356 g/mol. The standard InChI is InChI=1S/C20H24N2O4/c1-22(2)20(24)12-11-15-7-6-8-16(13-15)21-19(23)14-26-18-10-5-4-9-17(18)25-3/h4-10,13H,11-12,14H2,1-3H3,(H,21,23). The Balaban J connectivity index is 1.88. The molecule has 0 aliphatic rings. The number of para-hydroxylation sites is 2. The summed E-state index contributed by atoms with van der Waals surface area (Å²) in [6, 6.07) is 14.6. The van der Waals surface area contributed by atoms with Gasteiger partial charge in [-0.2, -0.15) is 0 Å². The van der Waals surface area contributed by atoms with Crippen molar-refractivity contribution in [1.29, 1.82) is 0 Å².